The number of aromatic amines is 1. The highest BCUT2D eigenvalue weighted by molar-refractivity contribution is 5.92. The van der Waals surface area contributed by atoms with Crippen molar-refractivity contribution < 1.29 is 23.8 Å². The van der Waals surface area contributed by atoms with Gasteiger partial charge in [0.25, 0.3) is 0 Å². The van der Waals surface area contributed by atoms with Crippen molar-refractivity contribution in [3.63, 3.8) is 0 Å². The van der Waals surface area contributed by atoms with E-state index in [0.29, 0.717) is 82.9 Å². The summed E-state index contributed by atoms with van der Waals surface area (Å²) in [6.45, 7) is 3.22. The van der Waals surface area contributed by atoms with Crippen LogP contribution in [0, 0.1) is 17.2 Å². The Hall–Kier alpha value is -4.01. The predicted octanol–water partition coefficient (Wildman–Crippen LogP) is 3.46. The molecule has 41 heavy (non-hydrogen) atoms. The number of halogens is 1. The summed E-state index contributed by atoms with van der Waals surface area (Å²) in [7, 11) is 0. The molecule has 2 aliphatic heterocycles. The van der Waals surface area contributed by atoms with Gasteiger partial charge < -0.3 is 29.4 Å². The number of aliphatic hydroxyl groups is 1. The minimum absolute atomic E-state index is 0.0882. The molecule has 0 bridgehead atoms. The Bertz CT molecular complexity index is 1490. The number of carbonyl (C=O) groups excluding carboxylic acids is 1. The number of hydrogen-bond acceptors (Lipinski definition) is 8. The highest BCUT2D eigenvalue weighted by Crippen LogP contribution is 2.37. The van der Waals surface area contributed by atoms with Crippen molar-refractivity contribution in [1.82, 2.24) is 24.8 Å². The average molecular weight is 561 g/mol. The van der Waals surface area contributed by atoms with E-state index in [2.05, 4.69) is 25.9 Å². The molecule has 4 aliphatic rings. The molecule has 2 N–H and O–H groups in total. The number of fused-ring (bicyclic) bond motifs is 1. The molecule has 2 aliphatic carbocycles. The van der Waals surface area contributed by atoms with Crippen LogP contribution in [-0.4, -0.2) is 87.9 Å². The SMILES string of the molecule is N#CC1CC(c2ncnc3[nH]c(C4=CC(F)=C(N5CCOCC5)CC4)cc23)=CC=C1OC1CCN(C(=O)CO)CC1. The zero-order valence-electron chi connectivity index (χ0n) is 22.8. The minimum atomic E-state index is -0.485. The Labute approximate surface area is 237 Å². The molecule has 0 aromatic carbocycles. The van der Waals surface area contributed by atoms with Gasteiger partial charge in [0.2, 0.25) is 5.91 Å². The predicted molar refractivity (Wildman–Crippen MR) is 149 cm³/mol. The van der Waals surface area contributed by atoms with E-state index < -0.39 is 12.5 Å². The molecule has 1 amide bonds. The third-order valence-electron chi connectivity index (χ3n) is 8.28. The lowest BCUT2D eigenvalue weighted by Gasteiger charge is -2.33. The third-order valence-corrected chi connectivity index (χ3v) is 8.28. The molecule has 0 saturated carbocycles. The van der Waals surface area contributed by atoms with Crippen molar-refractivity contribution in [2.75, 3.05) is 46.0 Å². The standard InChI is InChI=1S/C30H33FN6O4/c31-24-14-19(1-3-26(24)36-9-11-40-12-10-36)25-15-23-29(33-18-34-30(23)35-25)20-2-4-27(21(13-20)16-32)41-22-5-7-37(8-6-22)28(39)17-38/h2,4,14-15,18,21-22,38H,1,3,5-13,17H2,(H,33,34,35). The van der Waals surface area contributed by atoms with Crippen LogP contribution in [0.1, 0.15) is 43.5 Å². The average Bonchev–Trinajstić information content (AvgIpc) is 3.46. The normalized spacial score (nSPS) is 22.3. The Balaban J connectivity index is 1.21. The number of aliphatic hydroxyl groups excluding tert-OH is 1. The van der Waals surface area contributed by atoms with Crippen LogP contribution in [0.2, 0.25) is 0 Å². The number of nitrogens with one attached hydrogen (secondary N) is 1. The fourth-order valence-electron chi connectivity index (χ4n) is 6.01. The van der Waals surface area contributed by atoms with Gasteiger partial charge >= 0.3 is 0 Å². The van der Waals surface area contributed by atoms with Crippen molar-refractivity contribution in [3.8, 4) is 6.07 Å². The Kier molecular flexibility index (Phi) is 7.85. The lowest BCUT2D eigenvalue weighted by atomic mass is 9.90. The van der Waals surface area contributed by atoms with Gasteiger partial charge in [-0.2, -0.15) is 5.26 Å². The molecule has 0 radical (unpaired) electrons. The summed E-state index contributed by atoms with van der Waals surface area (Å²) in [5.74, 6) is -0.317. The molecule has 2 saturated heterocycles. The monoisotopic (exact) mass is 560 g/mol. The highest BCUT2D eigenvalue weighted by atomic mass is 19.1. The molecule has 6 rings (SSSR count). The smallest absolute Gasteiger partial charge is 0.248 e. The van der Waals surface area contributed by atoms with Crippen molar-refractivity contribution >= 4 is 28.1 Å². The fraction of sp³-hybridized carbons (Fsp3) is 0.467. The van der Waals surface area contributed by atoms with Crippen molar-refractivity contribution in [2.45, 2.75) is 38.2 Å². The number of piperidine rings is 1. The van der Waals surface area contributed by atoms with Crippen molar-refractivity contribution in [2.24, 2.45) is 5.92 Å². The molecular weight excluding hydrogens is 527 g/mol. The molecular formula is C30H33FN6O4. The number of amides is 1. The number of carbonyl (C=O) groups is 1. The van der Waals surface area contributed by atoms with Gasteiger partial charge in [0.05, 0.1) is 30.7 Å². The molecule has 11 heteroatoms. The number of morpholine rings is 1. The first-order valence-corrected chi connectivity index (χ1v) is 14.2. The van der Waals surface area contributed by atoms with Gasteiger partial charge in [0.1, 0.15) is 42.2 Å². The summed E-state index contributed by atoms with van der Waals surface area (Å²) in [5.41, 5.74) is 4.76. The van der Waals surface area contributed by atoms with E-state index in [1.165, 1.54) is 6.33 Å². The first-order valence-electron chi connectivity index (χ1n) is 14.2. The van der Waals surface area contributed by atoms with E-state index in [0.717, 1.165) is 33.6 Å². The van der Waals surface area contributed by atoms with E-state index in [9.17, 15) is 10.1 Å². The second-order valence-corrected chi connectivity index (χ2v) is 10.7. The Morgan fingerprint density at radius 3 is 2.71 bits per heavy atom. The van der Waals surface area contributed by atoms with Gasteiger partial charge in [-0.15, -0.1) is 0 Å². The van der Waals surface area contributed by atoms with Gasteiger partial charge in [0.15, 0.2) is 0 Å². The Morgan fingerprint density at radius 2 is 1.98 bits per heavy atom. The summed E-state index contributed by atoms with van der Waals surface area (Å²) >= 11 is 0. The van der Waals surface area contributed by atoms with Crippen LogP contribution in [0.3, 0.4) is 0 Å². The van der Waals surface area contributed by atoms with E-state index in [1.807, 2.05) is 18.2 Å². The molecule has 1 unspecified atom stereocenters. The zero-order valence-corrected chi connectivity index (χ0v) is 22.8. The maximum Gasteiger partial charge on any atom is 0.248 e. The molecule has 1 atom stereocenters. The second-order valence-electron chi connectivity index (χ2n) is 10.7. The first kappa shape index (κ1) is 27.2. The fourth-order valence-corrected chi connectivity index (χ4v) is 6.01. The van der Waals surface area contributed by atoms with Gasteiger partial charge in [-0.1, -0.05) is 6.08 Å². The summed E-state index contributed by atoms with van der Waals surface area (Å²) in [5, 5.41) is 19.9. The maximum absolute atomic E-state index is 15.1. The lowest BCUT2D eigenvalue weighted by Crippen LogP contribution is -2.42. The van der Waals surface area contributed by atoms with Crippen LogP contribution in [0.4, 0.5) is 4.39 Å². The van der Waals surface area contributed by atoms with Crippen LogP contribution >= 0.6 is 0 Å². The summed E-state index contributed by atoms with van der Waals surface area (Å²) in [4.78, 5) is 27.8. The summed E-state index contributed by atoms with van der Waals surface area (Å²) in [6.07, 6.45) is 9.91. The molecule has 10 nitrogen and oxygen atoms in total. The van der Waals surface area contributed by atoms with E-state index in [4.69, 9.17) is 14.6 Å². The number of nitrogens with zero attached hydrogens (tertiary/aromatic N) is 5. The molecule has 2 fully saturated rings. The second kappa shape index (κ2) is 11.8. The minimum Gasteiger partial charge on any atom is -0.493 e. The largest absolute Gasteiger partial charge is 0.493 e. The van der Waals surface area contributed by atoms with Crippen molar-refractivity contribution in [1.29, 1.82) is 5.26 Å². The van der Waals surface area contributed by atoms with Gasteiger partial charge in [-0.05, 0) is 48.6 Å². The van der Waals surface area contributed by atoms with Crippen LogP contribution < -0.4 is 0 Å². The number of rotatable bonds is 6. The molecule has 4 heterocycles. The third kappa shape index (κ3) is 5.62. The van der Waals surface area contributed by atoms with E-state index in [-0.39, 0.29) is 17.8 Å². The maximum atomic E-state index is 15.1. The molecule has 0 spiro atoms. The van der Waals surface area contributed by atoms with E-state index >= 15 is 4.39 Å². The van der Waals surface area contributed by atoms with E-state index in [1.54, 1.807) is 11.0 Å². The number of aromatic nitrogens is 3. The van der Waals surface area contributed by atoms with Crippen LogP contribution in [0.5, 0.6) is 0 Å². The van der Waals surface area contributed by atoms with Crippen molar-refractivity contribution in [3.05, 3.63) is 59.3 Å². The van der Waals surface area contributed by atoms with Gasteiger partial charge in [0, 0.05) is 50.1 Å². The van der Waals surface area contributed by atoms with Crippen LogP contribution in [-0.2, 0) is 14.3 Å². The molecule has 214 valence electrons. The number of nitriles is 1. The lowest BCUT2D eigenvalue weighted by molar-refractivity contribution is -0.136. The summed E-state index contributed by atoms with van der Waals surface area (Å²) < 4.78 is 26.8. The summed E-state index contributed by atoms with van der Waals surface area (Å²) in [6, 6.07) is 4.34. The molecule has 2 aromatic rings. The topological polar surface area (TPSA) is 128 Å². The number of hydrogen-bond donors (Lipinski definition) is 2. The number of allylic oxidation sites excluding steroid dienone is 8. The zero-order chi connectivity index (χ0) is 28.3. The van der Waals surface area contributed by atoms with Crippen LogP contribution in [0.25, 0.3) is 22.2 Å². The number of H-pyrrole nitrogens is 1. The van der Waals surface area contributed by atoms with Gasteiger partial charge in [-0.3, -0.25) is 4.79 Å². The number of likely N-dealkylation sites (tertiary alicyclic amines) is 1. The Morgan fingerprint density at radius 1 is 1.17 bits per heavy atom. The van der Waals surface area contributed by atoms with Gasteiger partial charge in [-0.25, -0.2) is 14.4 Å². The van der Waals surface area contributed by atoms with Crippen LogP contribution in [0.15, 0.2) is 47.9 Å². The first-order chi connectivity index (χ1) is 20.0. The molecule has 2 aromatic heterocycles. The quantitative estimate of drug-likeness (QED) is 0.550. The highest BCUT2D eigenvalue weighted by Gasteiger charge is 2.29. The number of ether oxygens (including phenoxy) is 2.